The van der Waals surface area contributed by atoms with Crippen LogP contribution in [-0.4, -0.2) is 52.6 Å². The Kier molecular flexibility index (Phi) is 4.82. The van der Waals surface area contributed by atoms with E-state index in [0.717, 1.165) is 18.9 Å². The molecule has 7 heteroatoms. The van der Waals surface area contributed by atoms with E-state index < -0.39 is 0 Å². The lowest BCUT2D eigenvalue weighted by Crippen LogP contribution is -2.50. The molecule has 1 aromatic heterocycles. The summed E-state index contributed by atoms with van der Waals surface area (Å²) in [7, 11) is 0. The minimum absolute atomic E-state index is 0.0188. The van der Waals surface area contributed by atoms with Gasteiger partial charge in [-0.1, -0.05) is 0 Å². The van der Waals surface area contributed by atoms with Crippen LogP contribution in [-0.2, 0) is 20.8 Å². The molecule has 1 amide bonds. The third-order valence-corrected chi connectivity index (χ3v) is 3.93. The first-order valence-electron chi connectivity index (χ1n) is 7.62. The van der Waals surface area contributed by atoms with Gasteiger partial charge < -0.3 is 14.8 Å². The molecule has 0 radical (unpaired) electrons. The Balaban J connectivity index is 1.42. The van der Waals surface area contributed by atoms with Crippen LogP contribution in [0.3, 0.4) is 0 Å². The van der Waals surface area contributed by atoms with Gasteiger partial charge in [-0.05, 0) is 25.2 Å². The van der Waals surface area contributed by atoms with E-state index >= 15 is 0 Å². The molecule has 1 N–H and O–H groups in total. The topological polar surface area (TPSA) is 78.3 Å². The predicted molar refractivity (Wildman–Crippen MR) is 74.5 cm³/mol. The standard InChI is InChI=1S/C14H22N4O3/c19-14(3-5-18-10-15-9-16-18)17-12-4-6-20-8-13(12)21-7-11-1-2-11/h9-13H,1-8H2,(H,17,19)/t12-,13-/m1/s1. The highest BCUT2D eigenvalue weighted by Crippen LogP contribution is 2.29. The fraction of sp³-hybridized carbons (Fsp3) is 0.786. The monoisotopic (exact) mass is 294 g/mol. The smallest absolute Gasteiger partial charge is 0.222 e. The van der Waals surface area contributed by atoms with Crippen molar-refractivity contribution in [3.8, 4) is 0 Å². The number of aryl methyl sites for hydroxylation is 1. The molecular formula is C14H22N4O3. The Morgan fingerprint density at radius 3 is 3.10 bits per heavy atom. The number of carbonyl (C=O) groups is 1. The van der Waals surface area contributed by atoms with Crippen molar-refractivity contribution in [1.29, 1.82) is 0 Å². The maximum absolute atomic E-state index is 12.0. The van der Waals surface area contributed by atoms with Crippen LogP contribution in [0.1, 0.15) is 25.7 Å². The molecule has 2 atom stereocenters. The van der Waals surface area contributed by atoms with Crippen molar-refractivity contribution in [2.45, 2.75) is 44.4 Å². The van der Waals surface area contributed by atoms with Gasteiger partial charge in [0, 0.05) is 19.6 Å². The second-order valence-corrected chi connectivity index (χ2v) is 5.76. The van der Waals surface area contributed by atoms with Crippen LogP contribution in [0.5, 0.6) is 0 Å². The first-order valence-corrected chi connectivity index (χ1v) is 7.62. The molecule has 0 aromatic carbocycles. The fourth-order valence-electron chi connectivity index (χ4n) is 2.43. The van der Waals surface area contributed by atoms with Crippen molar-refractivity contribution in [3.63, 3.8) is 0 Å². The minimum Gasteiger partial charge on any atom is -0.379 e. The number of nitrogens with zero attached hydrogens (tertiary/aromatic N) is 3. The van der Waals surface area contributed by atoms with Gasteiger partial charge in [0.15, 0.2) is 0 Å². The van der Waals surface area contributed by atoms with Gasteiger partial charge in [0.2, 0.25) is 5.91 Å². The van der Waals surface area contributed by atoms with E-state index in [9.17, 15) is 4.79 Å². The molecular weight excluding hydrogens is 272 g/mol. The van der Waals surface area contributed by atoms with Gasteiger partial charge in [-0.3, -0.25) is 9.48 Å². The molecule has 1 saturated heterocycles. The lowest BCUT2D eigenvalue weighted by Gasteiger charge is -2.32. The van der Waals surface area contributed by atoms with Crippen LogP contribution < -0.4 is 5.32 Å². The summed E-state index contributed by atoms with van der Waals surface area (Å²) in [6, 6.07) is 0.0562. The van der Waals surface area contributed by atoms with E-state index in [-0.39, 0.29) is 18.1 Å². The molecule has 0 spiro atoms. The Bertz CT molecular complexity index is 447. The summed E-state index contributed by atoms with van der Waals surface area (Å²) in [6.45, 7) is 2.58. The number of aromatic nitrogens is 3. The number of hydrogen-bond acceptors (Lipinski definition) is 5. The van der Waals surface area contributed by atoms with E-state index in [1.54, 1.807) is 11.0 Å². The number of carbonyl (C=O) groups excluding carboxylic acids is 1. The average molecular weight is 294 g/mol. The van der Waals surface area contributed by atoms with Gasteiger partial charge in [0.25, 0.3) is 0 Å². The zero-order valence-electron chi connectivity index (χ0n) is 12.1. The summed E-state index contributed by atoms with van der Waals surface area (Å²) < 4.78 is 13.0. The van der Waals surface area contributed by atoms with Crippen molar-refractivity contribution in [1.82, 2.24) is 20.1 Å². The molecule has 7 nitrogen and oxygen atoms in total. The Morgan fingerprint density at radius 2 is 2.33 bits per heavy atom. The third-order valence-electron chi connectivity index (χ3n) is 3.93. The molecule has 1 aromatic rings. The van der Waals surface area contributed by atoms with Crippen LogP contribution in [0.4, 0.5) is 0 Å². The molecule has 1 aliphatic heterocycles. The molecule has 3 rings (SSSR count). The second kappa shape index (κ2) is 7.00. The van der Waals surface area contributed by atoms with Crippen molar-refractivity contribution in [2.24, 2.45) is 5.92 Å². The maximum Gasteiger partial charge on any atom is 0.222 e. The van der Waals surface area contributed by atoms with Crippen LogP contribution in [0.25, 0.3) is 0 Å². The lowest BCUT2D eigenvalue weighted by molar-refractivity contribution is -0.126. The Morgan fingerprint density at radius 1 is 1.43 bits per heavy atom. The largest absolute Gasteiger partial charge is 0.379 e. The minimum atomic E-state index is -0.0188. The van der Waals surface area contributed by atoms with Crippen LogP contribution in [0.15, 0.2) is 12.7 Å². The van der Waals surface area contributed by atoms with E-state index in [0.29, 0.717) is 26.2 Å². The summed E-state index contributed by atoms with van der Waals surface area (Å²) in [5.41, 5.74) is 0. The summed E-state index contributed by atoms with van der Waals surface area (Å²) in [5, 5.41) is 7.06. The Hall–Kier alpha value is -1.47. The number of ether oxygens (including phenoxy) is 2. The van der Waals surface area contributed by atoms with Crippen LogP contribution in [0, 0.1) is 5.92 Å². The molecule has 2 fully saturated rings. The van der Waals surface area contributed by atoms with E-state index in [1.165, 1.54) is 19.2 Å². The molecule has 1 saturated carbocycles. The van der Waals surface area contributed by atoms with E-state index in [2.05, 4.69) is 15.4 Å². The molecule has 2 aliphatic rings. The molecule has 0 unspecified atom stereocenters. The number of amides is 1. The Labute approximate surface area is 124 Å². The average Bonchev–Trinajstić information content (AvgIpc) is 3.18. The fourth-order valence-corrected chi connectivity index (χ4v) is 2.43. The third kappa shape index (κ3) is 4.50. The zero-order chi connectivity index (χ0) is 14.5. The van der Waals surface area contributed by atoms with Crippen molar-refractivity contribution >= 4 is 5.91 Å². The van der Waals surface area contributed by atoms with Gasteiger partial charge in [-0.2, -0.15) is 5.10 Å². The van der Waals surface area contributed by atoms with Gasteiger partial charge in [-0.15, -0.1) is 0 Å². The van der Waals surface area contributed by atoms with Crippen LogP contribution in [0.2, 0.25) is 0 Å². The van der Waals surface area contributed by atoms with Gasteiger partial charge in [0.1, 0.15) is 18.8 Å². The van der Waals surface area contributed by atoms with Crippen molar-refractivity contribution in [3.05, 3.63) is 12.7 Å². The first-order chi connectivity index (χ1) is 10.3. The number of rotatable bonds is 7. The maximum atomic E-state index is 12.0. The second-order valence-electron chi connectivity index (χ2n) is 5.76. The molecule has 21 heavy (non-hydrogen) atoms. The number of hydrogen-bond donors (Lipinski definition) is 1. The molecule has 2 heterocycles. The highest BCUT2D eigenvalue weighted by atomic mass is 16.5. The van der Waals surface area contributed by atoms with Gasteiger partial charge in [-0.25, -0.2) is 4.98 Å². The van der Waals surface area contributed by atoms with Crippen LogP contribution >= 0.6 is 0 Å². The summed E-state index contributed by atoms with van der Waals surface area (Å²) >= 11 is 0. The highest BCUT2D eigenvalue weighted by Gasteiger charge is 2.30. The zero-order valence-corrected chi connectivity index (χ0v) is 12.1. The van der Waals surface area contributed by atoms with E-state index in [4.69, 9.17) is 9.47 Å². The normalized spacial score (nSPS) is 25.7. The summed E-state index contributed by atoms with van der Waals surface area (Å²) in [4.78, 5) is 15.9. The van der Waals surface area contributed by atoms with E-state index in [1.807, 2.05) is 0 Å². The predicted octanol–water partition coefficient (Wildman–Crippen LogP) is 0.369. The summed E-state index contributed by atoms with van der Waals surface area (Å²) in [5.74, 6) is 0.744. The van der Waals surface area contributed by atoms with Gasteiger partial charge >= 0.3 is 0 Å². The van der Waals surface area contributed by atoms with Crippen molar-refractivity contribution < 1.29 is 14.3 Å². The quantitative estimate of drug-likeness (QED) is 0.786. The highest BCUT2D eigenvalue weighted by molar-refractivity contribution is 5.76. The lowest BCUT2D eigenvalue weighted by atomic mass is 10.1. The molecule has 116 valence electrons. The summed E-state index contributed by atoms with van der Waals surface area (Å²) in [6.07, 6.45) is 6.81. The van der Waals surface area contributed by atoms with Crippen molar-refractivity contribution in [2.75, 3.05) is 19.8 Å². The SMILES string of the molecule is O=C(CCn1cncn1)N[C@@H]1CCOC[C@H]1OCC1CC1. The van der Waals surface area contributed by atoms with Gasteiger partial charge in [0.05, 0.1) is 19.2 Å². The first kappa shape index (κ1) is 14.5. The molecule has 1 aliphatic carbocycles. The number of nitrogens with one attached hydrogen (secondary N) is 1. The molecule has 0 bridgehead atoms.